The number of halogens is 2. The van der Waals surface area contributed by atoms with E-state index >= 15 is 0 Å². The Kier molecular flexibility index (Phi) is 7.13. The fourth-order valence-corrected chi connectivity index (χ4v) is 3.96. The van der Waals surface area contributed by atoms with Crippen LogP contribution < -0.4 is 5.32 Å². The standard InChI is InChI=1S/C16H13I2N3O.2H2O/c1-8-3-11-14(4-9(8)2)19-7-20-16(11)21-10-5-12(17)15(22)13(18)6-10;;/h3-7,22H,1-2H3,(H,19,20,21);2*1H2. The molecule has 0 aliphatic carbocycles. The van der Waals surface area contributed by atoms with Crippen LogP contribution in [-0.2, 0) is 0 Å². The number of hydrogen-bond acceptors (Lipinski definition) is 4. The van der Waals surface area contributed by atoms with Crippen molar-refractivity contribution in [1.82, 2.24) is 9.97 Å². The number of rotatable bonds is 2. The van der Waals surface area contributed by atoms with E-state index in [1.807, 2.05) is 12.1 Å². The first-order valence-corrected chi connectivity index (χ1v) is 8.78. The summed E-state index contributed by atoms with van der Waals surface area (Å²) in [7, 11) is 0. The van der Waals surface area contributed by atoms with E-state index in [2.05, 4.69) is 86.4 Å². The van der Waals surface area contributed by atoms with Crippen LogP contribution in [0.25, 0.3) is 10.9 Å². The van der Waals surface area contributed by atoms with E-state index in [9.17, 15) is 5.11 Å². The van der Waals surface area contributed by atoms with Crippen LogP contribution in [0.3, 0.4) is 0 Å². The van der Waals surface area contributed by atoms with Crippen LogP contribution in [0.1, 0.15) is 11.1 Å². The number of phenolic OH excluding ortho intramolecular Hbond substituents is 1. The van der Waals surface area contributed by atoms with Crippen molar-refractivity contribution in [2.24, 2.45) is 0 Å². The van der Waals surface area contributed by atoms with Crippen LogP contribution in [0.2, 0.25) is 0 Å². The summed E-state index contributed by atoms with van der Waals surface area (Å²) >= 11 is 4.24. The summed E-state index contributed by atoms with van der Waals surface area (Å²) in [4.78, 5) is 8.71. The molecule has 1 aromatic heterocycles. The molecule has 8 heteroatoms. The molecule has 6 nitrogen and oxygen atoms in total. The normalized spacial score (nSPS) is 10.0. The summed E-state index contributed by atoms with van der Waals surface area (Å²) in [6.07, 6.45) is 1.57. The van der Waals surface area contributed by atoms with Crippen molar-refractivity contribution in [2.45, 2.75) is 13.8 Å². The Morgan fingerprint density at radius 2 is 1.50 bits per heavy atom. The lowest BCUT2D eigenvalue weighted by molar-refractivity contribution is 0.468. The Labute approximate surface area is 166 Å². The smallest absolute Gasteiger partial charge is 0.142 e. The molecule has 0 saturated heterocycles. The zero-order chi connectivity index (χ0) is 15.9. The van der Waals surface area contributed by atoms with Crippen molar-refractivity contribution >= 4 is 67.6 Å². The van der Waals surface area contributed by atoms with Gasteiger partial charge in [0, 0.05) is 11.1 Å². The number of hydrogen-bond donors (Lipinski definition) is 2. The minimum Gasteiger partial charge on any atom is -0.506 e. The third-order valence-corrected chi connectivity index (χ3v) is 5.18. The van der Waals surface area contributed by atoms with Crippen LogP contribution in [0.5, 0.6) is 5.75 Å². The first-order chi connectivity index (χ1) is 10.5. The fourth-order valence-electron chi connectivity index (χ4n) is 2.19. The Bertz CT molecular complexity index is 865. The number of fused-ring (bicyclic) bond motifs is 1. The van der Waals surface area contributed by atoms with E-state index in [0.717, 1.165) is 29.5 Å². The average Bonchev–Trinajstić information content (AvgIpc) is 2.47. The highest BCUT2D eigenvalue weighted by molar-refractivity contribution is 14.1. The van der Waals surface area contributed by atoms with E-state index in [0.29, 0.717) is 5.75 Å². The highest BCUT2D eigenvalue weighted by atomic mass is 127. The molecular weight excluding hydrogens is 536 g/mol. The molecule has 3 aromatic rings. The van der Waals surface area contributed by atoms with Gasteiger partial charge in [0.2, 0.25) is 0 Å². The van der Waals surface area contributed by atoms with Gasteiger partial charge < -0.3 is 21.4 Å². The summed E-state index contributed by atoms with van der Waals surface area (Å²) < 4.78 is 1.61. The molecule has 128 valence electrons. The Hall–Kier alpha value is -1.24. The number of nitrogens with zero attached hydrogens (tertiary/aromatic N) is 2. The van der Waals surface area contributed by atoms with Gasteiger partial charge in [0.25, 0.3) is 0 Å². The van der Waals surface area contributed by atoms with E-state index in [-0.39, 0.29) is 11.0 Å². The molecule has 3 rings (SSSR count). The summed E-state index contributed by atoms with van der Waals surface area (Å²) in [6, 6.07) is 7.96. The van der Waals surface area contributed by atoms with Crippen LogP contribution in [0.15, 0.2) is 30.6 Å². The number of aromatic hydroxyl groups is 1. The van der Waals surface area contributed by atoms with Crippen molar-refractivity contribution in [3.8, 4) is 5.75 Å². The molecule has 0 spiro atoms. The fraction of sp³-hybridized carbons (Fsp3) is 0.125. The number of anilines is 2. The third-order valence-electron chi connectivity index (χ3n) is 3.53. The van der Waals surface area contributed by atoms with E-state index < -0.39 is 0 Å². The molecule has 0 fully saturated rings. The molecule has 2 aromatic carbocycles. The molecule has 0 atom stereocenters. The van der Waals surface area contributed by atoms with Gasteiger partial charge >= 0.3 is 0 Å². The quantitative estimate of drug-likeness (QED) is 0.374. The van der Waals surface area contributed by atoms with Gasteiger partial charge in [0.15, 0.2) is 0 Å². The predicted molar refractivity (Wildman–Crippen MR) is 113 cm³/mol. The number of nitrogens with one attached hydrogen (secondary N) is 1. The molecule has 6 N–H and O–H groups in total. The summed E-state index contributed by atoms with van der Waals surface area (Å²) in [5.41, 5.74) is 4.24. The van der Waals surface area contributed by atoms with Gasteiger partial charge in [-0.25, -0.2) is 9.97 Å². The first-order valence-electron chi connectivity index (χ1n) is 6.62. The Morgan fingerprint density at radius 3 is 2.12 bits per heavy atom. The molecule has 0 unspecified atom stereocenters. The number of aryl methyl sites for hydroxylation is 2. The summed E-state index contributed by atoms with van der Waals surface area (Å²) in [5, 5.41) is 14.2. The Morgan fingerprint density at radius 1 is 0.917 bits per heavy atom. The Balaban J connectivity index is 0.00000144. The molecule has 24 heavy (non-hydrogen) atoms. The van der Waals surface area contributed by atoms with Crippen molar-refractivity contribution < 1.29 is 16.1 Å². The second-order valence-electron chi connectivity index (χ2n) is 5.09. The van der Waals surface area contributed by atoms with Gasteiger partial charge in [-0.1, -0.05) is 0 Å². The molecular formula is C16H17I2N3O3. The number of phenols is 1. The largest absolute Gasteiger partial charge is 0.506 e. The molecule has 0 bridgehead atoms. The third kappa shape index (κ3) is 4.05. The van der Waals surface area contributed by atoms with Gasteiger partial charge in [0.1, 0.15) is 17.9 Å². The SMILES string of the molecule is Cc1cc2ncnc(Nc3cc(I)c(O)c(I)c3)c2cc1C.O.O. The zero-order valence-electron chi connectivity index (χ0n) is 13.0. The van der Waals surface area contributed by atoms with Crippen LogP contribution in [0.4, 0.5) is 11.5 Å². The second-order valence-corrected chi connectivity index (χ2v) is 7.41. The number of benzene rings is 2. The van der Waals surface area contributed by atoms with E-state index in [1.54, 1.807) is 6.33 Å². The highest BCUT2D eigenvalue weighted by Gasteiger charge is 2.09. The van der Waals surface area contributed by atoms with Gasteiger partial charge in [-0.3, -0.25) is 0 Å². The molecule has 0 saturated carbocycles. The maximum atomic E-state index is 9.87. The average molecular weight is 553 g/mol. The van der Waals surface area contributed by atoms with Gasteiger partial charge in [0.05, 0.1) is 12.7 Å². The second kappa shape index (κ2) is 8.23. The summed E-state index contributed by atoms with van der Waals surface area (Å²) in [6.45, 7) is 4.16. The van der Waals surface area contributed by atoms with Crippen molar-refractivity contribution in [1.29, 1.82) is 0 Å². The van der Waals surface area contributed by atoms with Gasteiger partial charge in [-0.2, -0.15) is 0 Å². The van der Waals surface area contributed by atoms with Gasteiger partial charge in [-0.05, 0) is 94.4 Å². The maximum Gasteiger partial charge on any atom is 0.142 e. The van der Waals surface area contributed by atoms with Crippen molar-refractivity contribution in [3.63, 3.8) is 0 Å². The van der Waals surface area contributed by atoms with Crippen LogP contribution in [0, 0.1) is 21.0 Å². The first kappa shape index (κ1) is 20.8. The van der Waals surface area contributed by atoms with Crippen molar-refractivity contribution in [3.05, 3.63) is 48.9 Å². The van der Waals surface area contributed by atoms with Crippen molar-refractivity contribution in [2.75, 3.05) is 5.32 Å². The molecule has 0 radical (unpaired) electrons. The molecule has 0 aliphatic heterocycles. The summed E-state index contributed by atoms with van der Waals surface area (Å²) in [5.74, 6) is 1.08. The van der Waals surface area contributed by atoms with Gasteiger partial charge in [-0.15, -0.1) is 0 Å². The van der Waals surface area contributed by atoms with E-state index in [1.165, 1.54) is 11.1 Å². The van der Waals surface area contributed by atoms with Crippen LogP contribution >= 0.6 is 45.2 Å². The lowest BCUT2D eigenvalue weighted by Crippen LogP contribution is -1.98. The molecule has 0 amide bonds. The minimum atomic E-state index is 0. The highest BCUT2D eigenvalue weighted by Crippen LogP contribution is 2.32. The zero-order valence-corrected chi connectivity index (χ0v) is 17.3. The maximum absolute atomic E-state index is 9.87. The topological polar surface area (TPSA) is 121 Å². The number of aromatic nitrogens is 2. The monoisotopic (exact) mass is 553 g/mol. The van der Waals surface area contributed by atoms with Crippen LogP contribution in [-0.4, -0.2) is 26.0 Å². The molecule has 1 heterocycles. The minimum absolute atomic E-state index is 0. The lowest BCUT2D eigenvalue weighted by atomic mass is 10.1. The van der Waals surface area contributed by atoms with E-state index in [4.69, 9.17) is 0 Å². The predicted octanol–water partition coefficient (Wildman–Crippen LogP) is 3.26. The lowest BCUT2D eigenvalue weighted by Gasteiger charge is -2.11. The molecule has 0 aliphatic rings.